The van der Waals surface area contributed by atoms with E-state index >= 15 is 0 Å². The van der Waals surface area contributed by atoms with Crippen LogP contribution >= 0.6 is 8.60 Å². The Morgan fingerprint density at radius 2 is 1.71 bits per heavy atom. The van der Waals surface area contributed by atoms with E-state index < -0.39 is 8.60 Å². The van der Waals surface area contributed by atoms with Crippen molar-refractivity contribution in [2.75, 3.05) is 13.2 Å². The largest absolute Gasteiger partial charge is 0.431 e. The molecule has 0 spiro atoms. The molecule has 0 atom stereocenters. The molecule has 0 aliphatic rings. The number of carbonyl (C=O) groups excluding carboxylic acids is 1. The van der Waals surface area contributed by atoms with Crippen molar-refractivity contribution in [3.05, 3.63) is 11.8 Å². The molecule has 0 heterocycles. The zero-order valence-corrected chi connectivity index (χ0v) is 9.97. The van der Waals surface area contributed by atoms with Crippen LogP contribution in [0.15, 0.2) is 11.8 Å². The van der Waals surface area contributed by atoms with Crippen molar-refractivity contribution in [2.45, 2.75) is 27.7 Å². The van der Waals surface area contributed by atoms with Gasteiger partial charge in [0.15, 0.2) is 5.78 Å². The third-order valence-electron chi connectivity index (χ3n) is 1.09. The van der Waals surface area contributed by atoms with Crippen molar-refractivity contribution in [2.24, 2.45) is 0 Å². The molecule has 0 rings (SSSR count). The maximum absolute atomic E-state index is 10.7. The highest BCUT2D eigenvalue weighted by Gasteiger charge is 2.12. The summed E-state index contributed by atoms with van der Waals surface area (Å²) in [5.41, 5.74) is 0. The van der Waals surface area contributed by atoms with Gasteiger partial charge in [-0.1, -0.05) is 0 Å². The van der Waals surface area contributed by atoms with E-state index in [0.29, 0.717) is 19.0 Å². The van der Waals surface area contributed by atoms with Crippen molar-refractivity contribution < 1.29 is 18.4 Å². The molecule has 0 aromatic rings. The quantitative estimate of drug-likeness (QED) is 0.376. The second-order valence-electron chi connectivity index (χ2n) is 2.52. The minimum atomic E-state index is -1.35. The molecule has 4 nitrogen and oxygen atoms in total. The van der Waals surface area contributed by atoms with Crippen molar-refractivity contribution >= 4 is 14.4 Å². The minimum absolute atomic E-state index is 0.0505. The molecular weight excluding hydrogens is 203 g/mol. The average molecular weight is 220 g/mol. The van der Waals surface area contributed by atoms with E-state index in [4.69, 9.17) is 13.6 Å². The predicted octanol–water partition coefficient (Wildman–Crippen LogP) is 2.80. The van der Waals surface area contributed by atoms with Crippen molar-refractivity contribution in [3.8, 4) is 0 Å². The summed E-state index contributed by atoms with van der Waals surface area (Å²) in [7, 11) is -1.35. The third-order valence-corrected chi connectivity index (χ3v) is 2.47. The zero-order chi connectivity index (χ0) is 11.0. The Labute approximate surface area is 86.2 Å². The van der Waals surface area contributed by atoms with Gasteiger partial charge in [-0.2, -0.15) is 0 Å². The molecule has 0 bridgehead atoms. The number of carbonyl (C=O) groups is 1. The van der Waals surface area contributed by atoms with E-state index in [0.717, 1.165) is 0 Å². The molecule has 0 aromatic heterocycles. The van der Waals surface area contributed by atoms with Crippen LogP contribution in [-0.2, 0) is 18.4 Å². The lowest BCUT2D eigenvalue weighted by Gasteiger charge is -2.15. The maximum atomic E-state index is 10.7. The molecule has 0 N–H and O–H groups in total. The van der Waals surface area contributed by atoms with Gasteiger partial charge in [0.05, 0.1) is 13.2 Å². The average Bonchev–Trinajstić information content (AvgIpc) is 2.03. The first kappa shape index (κ1) is 13.6. The molecule has 14 heavy (non-hydrogen) atoms. The monoisotopic (exact) mass is 220 g/mol. The van der Waals surface area contributed by atoms with Crippen LogP contribution in [0.25, 0.3) is 0 Å². The van der Waals surface area contributed by atoms with E-state index in [2.05, 4.69) is 0 Å². The highest BCUT2D eigenvalue weighted by Crippen LogP contribution is 2.41. The van der Waals surface area contributed by atoms with Crippen LogP contribution in [0, 0.1) is 0 Å². The van der Waals surface area contributed by atoms with Crippen LogP contribution in [0.2, 0.25) is 0 Å². The summed E-state index contributed by atoms with van der Waals surface area (Å²) in [5, 5.41) is 0. The third kappa shape index (κ3) is 7.01. The van der Waals surface area contributed by atoms with Gasteiger partial charge in [-0.15, -0.1) is 0 Å². The van der Waals surface area contributed by atoms with Gasteiger partial charge in [-0.05, 0) is 27.7 Å². The molecule has 5 heteroatoms. The van der Waals surface area contributed by atoms with E-state index in [1.165, 1.54) is 13.0 Å². The molecule has 0 aliphatic carbocycles. The van der Waals surface area contributed by atoms with E-state index in [1.54, 1.807) is 6.92 Å². The van der Waals surface area contributed by atoms with E-state index in [1.807, 2.05) is 13.8 Å². The summed E-state index contributed by atoms with van der Waals surface area (Å²) >= 11 is 0. The summed E-state index contributed by atoms with van der Waals surface area (Å²) in [6.07, 6.45) is 1.41. The second-order valence-corrected chi connectivity index (χ2v) is 3.66. The molecule has 0 radical (unpaired) electrons. The lowest BCUT2D eigenvalue weighted by atomic mass is 10.4. The van der Waals surface area contributed by atoms with Gasteiger partial charge in [-0.3, -0.25) is 4.79 Å². The SMILES string of the molecule is CCOP(OCC)O/C(C)=C\C(C)=O. The van der Waals surface area contributed by atoms with Crippen molar-refractivity contribution in [3.63, 3.8) is 0 Å². The molecule has 0 saturated heterocycles. The number of hydrogen-bond acceptors (Lipinski definition) is 4. The molecule has 0 unspecified atom stereocenters. The standard InChI is InChI=1S/C9H17O4P/c1-5-11-14(12-6-2)13-9(4)7-8(3)10/h7H,5-6H2,1-4H3/b9-7-. The van der Waals surface area contributed by atoms with Gasteiger partial charge < -0.3 is 13.6 Å². The van der Waals surface area contributed by atoms with Gasteiger partial charge in [0.2, 0.25) is 0 Å². The molecular formula is C9H17O4P. The number of ketones is 1. The fourth-order valence-corrected chi connectivity index (χ4v) is 1.62. The Hall–Kier alpha value is -0.440. The Morgan fingerprint density at radius 1 is 1.21 bits per heavy atom. The fourth-order valence-electron chi connectivity index (χ4n) is 0.731. The molecule has 82 valence electrons. The van der Waals surface area contributed by atoms with Crippen LogP contribution < -0.4 is 0 Å². The molecule has 0 aliphatic heterocycles. The Kier molecular flexibility index (Phi) is 7.67. The first-order chi connectivity index (χ1) is 6.60. The van der Waals surface area contributed by atoms with Crippen molar-refractivity contribution in [1.82, 2.24) is 0 Å². The Balaban J connectivity index is 4.07. The van der Waals surface area contributed by atoms with Crippen molar-refractivity contribution in [1.29, 1.82) is 0 Å². The first-order valence-corrected chi connectivity index (χ1v) is 5.62. The summed E-state index contributed by atoms with van der Waals surface area (Å²) in [6, 6.07) is 0. The first-order valence-electron chi connectivity index (χ1n) is 4.52. The highest BCUT2D eigenvalue weighted by atomic mass is 31.2. The van der Waals surface area contributed by atoms with Crippen LogP contribution in [0.1, 0.15) is 27.7 Å². The number of hydrogen-bond donors (Lipinski definition) is 0. The van der Waals surface area contributed by atoms with E-state index in [9.17, 15) is 4.79 Å². The summed E-state index contributed by atoms with van der Waals surface area (Å²) in [6.45, 7) is 7.95. The van der Waals surface area contributed by atoms with E-state index in [-0.39, 0.29) is 5.78 Å². The van der Waals surface area contributed by atoms with Gasteiger partial charge in [0, 0.05) is 6.08 Å². The highest BCUT2D eigenvalue weighted by molar-refractivity contribution is 7.41. The lowest BCUT2D eigenvalue weighted by molar-refractivity contribution is -0.112. The minimum Gasteiger partial charge on any atom is -0.431 e. The van der Waals surface area contributed by atoms with Gasteiger partial charge in [0.25, 0.3) is 0 Å². The van der Waals surface area contributed by atoms with Gasteiger partial charge in [0.1, 0.15) is 5.76 Å². The molecule has 0 aromatic carbocycles. The number of allylic oxidation sites excluding steroid dienone is 2. The lowest BCUT2D eigenvalue weighted by Crippen LogP contribution is -1.95. The van der Waals surface area contributed by atoms with Crippen LogP contribution in [0.3, 0.4) is 0 Å². The molecule has 0 saturated carbocycles. The molecule has 0 fully saturated rings. The number of rotatable bonds is 7. The van der Waals surface area contributed by atoms with Gasteiger partial charge in [-0.25, -0.2) is 0 Å². The summed E-state index contributed by atoms with van der Waals surface area (Å²) in [5.74, 6) is 0.468. The smallest absolute Gasteiger partial charge is 0.396 e. The summed E-state index contributed by atoms with van der Waals surface area (Å²) in [4.78, 5) is 10.7. The predicted molar refractivity (Wildman–Crippen MR) is 55.7 cm³/mol. The van der Waals surface area contributed by atoms with Gasteiger partial charge >= 0.3 is 8.60 Å². The fraction of sp³-hybridized carbons (Fsp3) is 0.667. The Bertz CT molecular complexity index is 197. The van der Waals surface area contributed by atoms with Crippen LogP contribution in [-0.4, -0.2) is 19.0 Å². The Morgan fingerprint density at radius 3 is 2.07 bits per heavy atom. The molecule has 0 amide bonds. The van der Waals surface area contributed by atoms with Crippen LogP contribution in [0.5, 0.6) is 0 Å². The zero-order valence-electron chi connectivity index (χ0n) is 9.07. The maximum Gasteiger partial charge on any atom is 0.396 e. The van der Waals surface area contributed by atoms with Crippen LogP contribution in [0.4, 0.5) is 0 Å². The second kappa shape index (κ2) is 7.92. The topological polar surface area (TPSA) is 44.8 Å². The summed E-state index contributed by atoms with van der Waals surface area (Å²) < 4.78 is 15.7. The normalized spacial score (nSPS) is 11.9.